The van der Waals surface area contributed by atoms with Gasteiger partial charge < -0.3 is 20.7 Å². The number of rotatable bonds is 7. The molecule has 0 radical (unpaired) electrons. The Labute approximate surface area is 138 Å². The Bertz CT molecular complexity index is 586. The number of esters is 1. The van der Waals surface area contributed by atoms with E-state index in [0.717, 1.165) is 15.6 Å². The average molecular weight is 593 g/mol. The van der Waals surface area contributed by atoms with Crippen LogP contribution >= 0.6 is 0 Å². The number of carbonyl (C=O) groups is 3. The Hall–Kier alpha value is -4.30. The van der Waals surface area contributed by atoms with E-state index in [4.69, 9.17) is 5.73 Å². The second-order valence-electron chi connectivity index (χ2n) is 4.52. The summed E-state index contributed by atoms with van der Waals surface area (Å²) >= 11 is 0. The summed E-state index contributed by atoms with van der Waals surface area (Å²) < 4.78 is 4.45. The fourth-order valence-electron chi connectivity index (χ4n) is 1.69. The van der Waals surface area contributed by atoms with Crippen molar-refractivity contribution >= 4 is 24.4 Å². The quantitative estimate of drug-likeness (QED) is 0.172. The molecule has 0 atom stereocenters. The number of nitrogens with two attached hydrogens (primary N) is 1. The van der Waals surface area contributed by atoms with Gasteiger partial charge in [0.15, 0.2) is 0 Å². The van der Waals surface area contributed by atoms with E-state index in [2.05, 4.69) is 15.6 Å². The van der Waals surface area contributed by atoms with Gasteiger partial charge in [-0.2, -0.15) is 0 Å². The summed E-state index contributed by atoms with van der Waals surface area (Å²) in [5.74, 6) is -0.573. The first-order chi connectivity index (χ1) is 11.5. The predicted octanol–water partition coefficient (Wildman–Crippen LogP) is -0.371. The number of primary amides is 1. The van der Waals surface area contributed by atoms with Gasteiger partial charge in [-0.3, -0.25) is 9.80 Å². The van der Waals surface area contributed by atoms with Crippen LogP contribution in [0.5, 0.6) is 0 Å². The third-order valence-corrected chi connectivity index (χ3v) is 2.87. The average Bonchev–Trinajstić information content (AvgIpc) is 2.58. The SMILES string of the molecule is COC(=O)CCN(NC(=O)N(Cc1ccccc1)N[C-]=O)C(N)=O.[Fm]. The van der Waals surface area contributed by atoms with Crippen molar-refractivity contribution in [3.8, 4) is 0 Å². The van der Waals surface area contributed by atoms with Crippen molar-refractivity contribution in [1.29, 1.82) is 0 Å². The molecule has 11 heteroatoms. The molecule has 0 aliphatic rings. The van der Waals surface area contributed by atoms with E-state index >= 15 is 0 Å². The first-order valence-corrected chi connectivity index (χ1v) is 6.86. The number of nitrogens with zero attached hydrogens (tertiary/aromatic N) is 2. The van der Waals surface area contributed by atoms with Gasteiger partial charge in [0.25, 0.3) is 0 Å². The van der Waals surface area contributed by atoms with Gasteiger partial charge in [0.1, 0.15) is 0 Å². The van der Waals surface area contributed by atoms with Crippen LogP contribution < -0.4 is 16.6 Å². The van der Waals surface area contributed by atoms with Crippen molar-refractivity contribution < 1.29 is 23.9 Å². The molecule has 0 saturated carbocycles. The molecule has 1 aromatic carbocycles. The molecule has 0 unspecified atom stereocenters. The van der Waals surface area contributed by atoms with E-state index in [9.17, 15) is 19.2 Å². The number of ether oxygens (including phenoxy) is 1. The number of nitrogens with one attached hydrogen (secondary N) is 2. The zero-order valence-electron chi connectivity index (χ0n) is 13.3. The zero-order valence-corrected chi connectivity index (χ0v) is 15.7. The fourth-order valence-corrected chi connectivity index (χ4v) is 1.69. The van der Waals surface area contributed by atoms with Gasteiger partial charge in [-0.15, -0.1) is 6.41 Å². The van der Waals surface area contributed by atoms with Crippen LogP contribution in [0.2, 0.25) is 0 Å². The van der Waals surface area contributed by atoms with Crippen LogP contribution in [0.25, 0.3) is 0 Å². The molecule has 0 spiro atoms. The molecule has 5 amide bonds. The number of hydrazine groups is 2. The minimum absolute atomic E-state index is 0. The van der Waals surface area contributed by atoms with Crippen LogP contribution in [-0.4, -0.2) is 48.1 Å². The molecule has 0 aliphatic carbocycles. The van der Waals surface area contributed by atoms with Gasteiger partial charge in [0.2, 0.25) is 0 Å². The summed E-state index contributed by atoms with van der Waals surface area (Å²) in [5, 5.41) is 1.64. The van der Waals surface area contributed by atoms with Gasteiger partial charge in [0, 0.05) is 0 Å². The van der Waals surface area contributed by atoms with E-state index in [1.54, 1.807) is 30.3 Å². The van der Waals surface area contributed by atoms with Crippen LogP contribution in [0.4, 0.5) is 9.59 Å². The summed E-state index contributed by atoms with van der Waals surface area (Å²) in [6.45, 7) is -0.150. The summed E-state index contributed by atoms with van der Waals surface area (Å²) in [5.41, 5.74) is 10.2. The van der Waals surface area contributed by atoms with Crippen molar-refractivity contribution in [3.05, 3.63) is 35.9 Å². The van der Waals surface area contributed by atoms with Crippen molar-refractivity contribution in [2.24, 2.45) is 5.73 Å². The first kappa shape index (κ1) is 20.7. The van der Waals surface area contributed by atoms with Gasteiger partial charge in [0.05, 0.1) is 26.6 Å². The normalized spacial score (nSPS) is 9.16. The van der Waals surface area contributed by atoms with Gasteiger partial charge in [-0.05, 0) is 5.56 Å². The largest absolute Gasteiger partial charge is 0.518 e. The predicted molar refractivity (Wildman–Crippen MR) is 82.3 cm³/mol. The molecule has 0 aromatic heterocycles. The molecular weight excluding hydrogens is 575 g/mol. The molecule has 0 fully saturated rings. The molecule has 10 nitrogen and oxygen atoms in total. The molecule has 1 aromatic rings. The Morgan fingerprint density at radius 3 is 2.36 bits per heavy atom. The van der Waals surface area contributed by atoms with Crippen molar-refractivity contribution in [2.75, 3.05) is 13.7 Å². The molecule has 0 aliphatic heterocycles. The maximum atomic E-state index is 12.2. The fraction of sp³-hybridized carbons (Fsp3) is 0.286. The Kier molecular flexibility index (Phi) is 8.64. The number of hydrogen-bond donors (Lipinski definition) is 3. The molecule has 1 rings (SSSR count). The summed E-state index contributed by atoms with van der Waals surface area (Å²) in [6.07, 6.45) is 1.23. The number of methoxy groups -OCH3 is 1. The molecule has 0 saturated heterocycles. The van der Waals surface area contributed by atoms with E-state index in [-0.39, 0.29) is 19.5 Å². The van der Waals surface area contributed by atoms with Gasteiger partial charge in [-0.25, -0.2) is 20.0 Å². The third-order valence-electron chi connectivity index (χ3n) is 2.87. The third kappa shape index (κ3) is 7.00. The number of urea groups is 2. The summed E-state index contributed by atoms with van der Waals surface area (Å²) in [7, 11) is 1.20. The molecule has 0 heterocycles. The molecule has 4 N–H and O–H groups in total. The van der Waals surface area contributed by atoms with Crippen LogP contribution in [0, 0.1) is 0 Å². The maximum absolute atomic E-state index is 12.2. The van der Waals surface area contributed by atoms with Crippen molar-refractivity contribution in [3.63, 3.8) is 0 Å². The topological polar surface area (TPSA) is 134 Å². The zero-order chi connectivity index (χ0) is 17.9. The number of amides is 5. The van der Waals surface area contributed by atoms with Crippen LogP contribution in [0.15, 0.2) is 30.3 Å². The molecule has 0 bridgehead atoms. The van der Waals surface area contributed by atoms with E-state index in [0.29, 0.717) is 0 Å². The Morgan fingerprint density at radius 2 is 1.84 bits per heavy atom. The first-order valence-electron chi connectivity index (χ1n) is 6.86. The number of benzene rings is 1. The molecular formula is C14H18FmN5O5-. The second-order valence-corrected chi connectivity index (χ2v) is 4.52. The van der Waals surface area contributed by atoms with Crippen molar-refractivity contribution in [2.45, 2.75) is 13.0 Å². The Balaban J connectivity index is 0.00000576. The maximum Gasteiger partial charge on any atom is 0.352 e. The summed E-state index contributed by atoms with van der Waals surface area (Å²) in [4.78, 5) is 45.2. The van der Waals surface area contributed by atoms with E-state index in [1.165, 1.54) is 13.5 Å². The van der Waals surface area contributed by atoms with Crippen LogP contribution in [-0.2, 0) is 20.9 Å². The van der Waals surface area contributed by atoms with Crippen LogP contribution in [0.1, 0.15) is 12.0 Å². The van der Waals surface area contributed by atoms with Crippen LogP contribution in [0.3, 0.4) is 0 Å². The minimum Gasteiger partial charge on any atom is -0.518 e. The standard InChI is InChI=1S/C14H18N5O5.Fm/c1-24-12(21)7-8-18(13(15)22)17-14(23)19(16-10-20)9-11-5-3-2-4-6-11;/h2-6H,7-9H2,1H3,(H2,15,22)(H,16,20)(H,17,23);/q-1;. The van der Waals surface area contributed by atoms with E-state index < -0.39 is 18.0 Å². The van der Waals surface area contributed by atoms with Gasteiger partial charge >= 0.3 is 18.0 Å². The summed E-state index contributed by atoms with van der Waals surface area (Å²) in [6, 6.07) is 7.03. The number of carbonyl (C=O) groups excluding carboxylic acids is 4. The minimum atomic E-state index is -0.970. The van der Waals surface area contributed by atoms with E-state index in [1.807, 2.05) is 0 Å². The number of hydrogen-bond acceptors (Lipinski definition) is 5. The smallest absolute Gasteiger partial charge is 0.352 e. The monoisotopic (exact) mass is 593 g/mol. The second kappa shape index (κ2) is 10.4. The Morgan fingerprint density at radius 1 is 1.20 bits per heavy atom. The van der Waals surface area contributed by atoms with Gasteiger partial charge in [-0.1, -0.05) is 30.3 Å². The van der Waals surface area contributed by atoms with Crippen molar-refractivity contribution in [1.82, 2.24) is 20.9 Å². The molecule has 142 valence electrons. The molecule has 25 heavy (non-hydrogen) atoms.